The Hall–Kier alpha value is 0.0700. The topological polar surface area (TPSA) is 69.6 Å². The van der Waals surface area contributed by atoms with E-state index < -0.39 is 19.4 Å². The quantitative estimate of drug-likeness (QED) is 0.105. The molecule has 4 atom stereocenters. The van der Waals surface area contributed by atoms with Crippen molar-refractivity contribution >= 4 is 7.60 Å². The summed E-state index contributed by atoms with van der Waals surface area (Å²) >= 11 is 0. The molecule has 43 heavy (non-hydrogen) atoms. The number of quaternary nitrogens is 1. The van der Waals surface area contributed by atoms with Crippen molar-refractivity contribution in [2.24, 2.45) is 5.92 Å². The van der Waals surface area contributed by atoms with Crippen molar-refractivity contribution in [3.8, 4) is 0 Å². The van der Waals surface area contributed by atoms with E-state index in [0.29, 0.717) is 17.6 Å². The van der Waals surface area contributed by atoms with E-state index in [-0.39, 0.29) is 5.92 Å². The molecular weight excluding hydrogens is 553 g/mol. The normalized spacial score (nSPS) is 24.7. The Morgan fingerprint density at radius 1 is 0.651 bits per heavy atom. The molecule has 0 aromatic heterocycles. The van der Waals surface area contributed by atoms with E-state index in [2.05, 4.69) is 28.1 Å². The minimum absolute atomic E-state index is 0.0291. The van der Waals surface area contributed by atoms with Gasteiger partial charge in [0.05, 0.1) is 26.8 Å². The third-order valence-electron chi connectivity index (χ3n) is 9.70. The van der Waals surface area contributed by atoms with E-state index in [1.54, 1.807) is 0 Å². The van der Waals surface area contributed by atoms with Gasteiger partial charge in [-0.3, -0.25) is 0 Å². The predicted molar refractivity (Wildman–Crippen MR) is 185 cm³/mol. The standard InChI is InChI=1S/C37H76NO4P/c1-5-6-7-8-9-10-11-16-19-22-25-28-31-35-32-29-26-23-20-17-14-12-13-15-18-21-24-27-30-33-42-36(34-38(2,3)4)37(35)43(39,40)41/h35-37H,5-34H2,1-4H3,(H-,39,40,41). The van der Waals surface area contributed by atoms with Gasteiger partial charge in [0.2, 0.25) is 0 Å². The highest BCUT2D eigenvalue weighted by Crippen LogP contribution is 2.47. The minimum Gasteiger partial charge on any atom is -0.778 e. The molecule has 1 aliphatic heterocycles. The van der Waals surface area contributed by atoms with Crippen LogP contribution >= 0.6 is 7.60 Å². The summed E-state index contributed by atoms with van der Waals surface area (Å²) in [6.07, 6.45) is 34.5. The van der Waals surface area contributed by atoms with Crippen molar-refractivity contribution in [3.63, 3.8) is 0 Å². The van der Waals surface area contributed by atoms with Gasteiger partial charge in [-0.25, -0.2) is 0 Å². The third kappa shape index (κ3) is 24.0. The molecule has 0 spiro atoms. The van der Waals surface area contributed by atoms with E-state index in [4.69, 9.17) is 4.74 Å². The summed E-state index contributed by atoms with van der Waals surface area (Å²) in [6, 6.07) is 0. The van der Waals surface area contributed by atoms with E-state index in [9.17, 15) is 14.4 Å². The molecule has 6 heteroatoms. The highest BCUT2D eigenvalue weighted by molar-refractivity contribution is 7.51. The Labute approximate surface area is 269 Å². The van der Waals surface area contributed by atoms with Crippen LogP contribution < -0.4 is 4.89 Å². The van der Waals surface area contributed by atoms with Crippen LogP contribution in [-0.2, 0) is 9.30 Å². The Balaban J connectivity index is 2.77. The molecule has 0 bridgehead atoms. The van der Waals surface area contributed by atoms with Gasteiger partial charge in [0.15, 0.2) is 0 Å². The van der Waals surface area contributed by atoms with Crippen molar-refractivity contribution < 1.29 is 23.6 Å². The first-order valence-electron chi connectivity index (χ1n) is 19.1. The lowest BCUT2D eigenvalue weighted by molar-refractivity contribution is -0.873. The molecular formula is C37H76NO4P. The van der Waals surface area contributed by atoms with Crippen LogP contribution in [0.1, 0.15) is 187 Å². The van der Waals surface area contributed by atoms with E-state index in [1.165, 1.54) is 128 Å². The Morgan fingerprint density at radius 3 is 1.47 bits per heavy atom. The lowest BCUT2D eigenvalue weighted by Crippen LogP contribution is -2.50. The summed E-state index contributed by atoms with van der Waals surface area (Å²) in [5, 5.41) is 0. The number of hydrogen-bond acceptors (Lipinski definition) is 3. The van der Waals surface area contributed by atoms with Gasteiger partial charge in [-0.2, -0.15) is 0 Å². The number of unbranched alkanes of at least 4 members (excludes halogenated alkanes) is 11. The van der Waals surface area contributed by atoms with Gasteiger partial charge in [-0.1, -0.05) is 167 Å². The van der Waals surface area contributed by atoms with Gasteiger partial charge in [-0.05, 0) is 25.2 Å². The minimum atomic E-state index is -4.57. The van der Waals surface area contributed by atoms with Crippen molar-refractivity contribution in [1.82, 2.24) is 0 Å². The zero-order valence-electron chi connectivity index (χ0n) is 29.5. The fourth-order valence-electron chi connectivity index (χ4n) is 7.18. The molecule has 1 saturated heterocycles. The van der Waals surface area contributed by atoms with Crippen LogP contribution in [0.2, 0.25) is 0 Å². The van der Waals surface area contributed by atoms with Gasteiger partial charge in [0.1, 0.15) is 20.2 Å². The first-order valence-corrected chi connectivity index (χ1v) is 20.8. The average molecular weight is 630 g/mol. The fraction of sp³-hybridized carbons (Fsp3) is 1.00. The molecule has 1 heterocycles. The zero-order chi connectivity index (χ0) is 31.7. The summed E-state index contributed by atoms with van der Waals surface area (Å²) in [6.45, 7) is 3.47. The fourth-order valence-corrected chi connectivity index (χ4v) is 8.61. The molecule has 0 amide bonds. The number of hydrogen-bond donors (Lipinski definition) is 1. The van der Waals surface area contributed by atoms with Crippen LogP contribution in [0.15, 0.2) is 0 Å². The van der Waals surface area contributed by atoms with Crippen molar-refractivity contribution in [2.45, 2.75) is 198 Å². The van der Waals surface area contributed by atoms with Crippen molar-refractivity contribution in [3.05, 3.63) is 0 Å². The van der Waals surface area contributed by atoms with Crippen LogP contribution in [0.25, 0.3) is 0 Å². The Kier molecular flexibility index (Phi) is 25.0. The smallest absolute Gasteiger partial charge is 0.138 e. The Morgan fingerprint density at radius 2 is 1.05 bits per heavy atom. The average Bonchev–Trinajstić information content (AvgIpc) is 2.92. The monoisotopic (exact) mass is 630 g/mol. The van der Waals surface area contributed by atoms with Crippen molar-refractivity contribution in [2.75, 3.05) is 34.3 Å². The number of rotatable bonds is 16. The first-order chi connectivity index (χ1) is 20.6. The van der Waals surface area contributed by atoms with E-state index >= 15 is 0 Å². The van der Waals surface area contributed by atoms with Crippen LogP contribution in [0, 0.1) is 5.92 Å². The van der Waals surface area contributed by atoms with Crippen molar-refractivity contribution in [1.29, 1.82) is 0 Å². The van der Waals surface area contributed by atoms with Gasteiger partial charge in [-0.15, -0.1) is 0 Å². The molecule has 1 N–H and O–H groups in total. The molecule has 0 radical (unpaired) electrons. The number of nitrogens with zero attached hydrogens (tertiary/aromatic N) is 1. The van der Waals surface area contributed by atoms with Crippen LogP contribution in [-0.4, -0.2) is 55.4 Å². The second-order valence-electron chi connectivity index (χ2n) is 15.1. The van der Waals surface area contributed by atoms with Gasteiger partial charge in [0.25, 0.3) is 0 Å². The highest BCUT2D eigenvalue weighted by Gasteiger charge is 2.39. The third-order valence-corrected chi connectivity index (χ3v) is 11.2. The lowest BCUT2D eigenvalue weighted by atomic mass is 9.88. The molecule has 4 unspecified atom stereocenters. The maximum atomic E-state index is 13.1. The molecule has 1 fully saturated rings. The van der Waals surface area contributed by atoms with Gasteiger partial charge in [0, 0.05) is 6.61 Å². The van der Waals surface area contributed by atoms with Crippen LogP contribution in [0.4, 0.5) is 0 Å². The Bertz CT molecular complexity index is 661. The maximum absolute atomic E-state index is 13.1. The molecule has 258 valence electrons. The summed E-state index contributed by atoms with van der Waals surface area (Å²) in [7, 11) is 1.73. The second-order valence-corrected chi connectivity index (χ2v) is 16.8. The lowest BCUT2D eigenvalue weighted by Gasteiger charge is -2.41. The predicted octanol–water partition coefficient (Wildman–Crippen LogP) is 10.6. The van der Waals surface area contributed by atoms with Gasteiger partial charge >= 0.3 is 0 Å². The molecule has 0 aromatic carbocycles. The molecule has 1 rings (SSSR count). The largest absolute Gasteiger partial charge is 0.778 e. The molecule has 1 aliphatic rings. The number of ether oxygens (including phenoxy) is 1. The van der Waals surface area contributed by atoms with Crippen LogP contribution in [0.5, 0.6) is 0 Å². The molecule has 5 nitrogen and oxygen atoms in total. The molecule has 0 aromatic rings. The summed E-state index contributed by atoms with van der Waals surface area (Å²) in [4.78, 5) is 23.8. The van der Waals surface area contributed by atoms with Gasteiger partial charge < -0.3 is 23.6 Å². The summed E-state index contributed by atoms with van der Waals surface area (Å²) < 4.78 is 20.2. The maximum Gasteiger partial charge on any atom is 0.138 e. The van der Waals surface area contributed by atoms with E-state index in [1.807, 2.05) is 0 Å². The molecule has 0 saturated carbocycles. The van der Waals surface area contributed by atoms with Crippen LogP contribution in [0.3, 0.4) is 0 Å². The SMILES string of the molecule is CCCCCCCCCCCCCCC1CCCCCCCCCCCCCCCCOC(C[N+](C)(C)C)C1P(=O)([O-])O. The summed E-state index contributed by atoms with van der Waals surface area (Å²) in [5.74, 6) is -0.0291. The number of likely N-dealkylation sites (N-methyl/N-ethyl adjacent to an activating group) is 1. The molecule has 0 aliphatic carbocycles. The highest BCUT2D eigenvalue weighted by atomic mass is 31.2. The van der Waals surface area contributed by atoms with E-state index in [0.717, 1.165) is 51.4 Å². The summed E-state index contributed by atoms with van der Waals surface area (Å²) in [5.41, 5.74) is -0.803. The first kappa shape index (κ1) is 41.1. The second kappa shape index (κ2) is 26.2. The zero-order valence-corrected chi connectivity index (χ0v) is 30.4.